The van der Waals surface area contributed by atoms with Gasteiger partial charge in [-0.3, -0.25) is 0 Å². The zero-order valence-corrected chi connectivity index (χ0v) is 30.7. The Kier molecular flexibility index (Phi) is 7.53. The number of aromatic nitrogens is 1. The molecule has 0 saturated heterocycles. The van der Waals surface area contributed by atoms with Gasteiger partial charge in [0.15, 0.2) is 0 Å². The van der Waals surface area contributed by atoms with Gasteiger partial charge in [0.05, 0.1) is 16.7 Å². The molecule has 0 N–H and O–H groups in total. The molecule has 0 radical (unpaired) electrons. The monoisotopic (exact) mass is 712 g/mol. The molecule has 2 heteroatoms. The van der Waals surface area contributed by atoms with E-state index in [0.29, 0.717) is 0 Å². The van der Waals surface area contributed by atoms with Gasteiger partial charge >= 0.3 is 0 Å². The lowest BCUT2D eigenvalue weighted by molar-refractivity contribution is 1.18. The Balaban J connectivity index is 1.08. The summed E-state index contributed by atoms with van der Waals surface area (Å²) in [6, 6.07) is 79.4. The molecule has 11 rings (SSSR count). The second-order valence-corrected chi connectivity index (χ2v) is 14.5. The van der Waals surface area contributed by atoms with E-state index < -0.39 is 0 Å². The number of hydrogen-bond acceptors (Lipinski definition) is 1. The Morgan fingerprint density at radius 2 is 0.857 bits per heavy atom. The zero-order valence-electron chi connectivity index (χ0n) is 30.7. The summed E-state index contributed by atoms with van der Waals surface area (Å²) in [7, 11) is 0. The summed E-state index contributed by atoms with van der Waals surface area (Å²) < 4.78 is 2.40. The predicted molar refractivity (Wildman–Crippen MR) is 239 cm³/mol. The average Bonchev–Trinajstić information content (AvgIpc) is 3.61. The predicted octanol–water partition coefficient (Wildman–Crippen LogP) is 15.0. The molecule has 0 aliphatic heterocycles. The lowest BCUT2D eigenvalue weighted by Gasteiger charge is -2.28. The second kappa shape index (κ2) is 13.2. The molecule has 56 heavy (non-hydrogen) atoms. The molecule has 0 fully saturated rings. The number of rotatable bonds is 6. The van der Waals surface area contributed by atoms with Gasteiger partial charge in [-0.05, 0) is 104 Å². The van der Waals surface area contributed by atoms with Crippen molar-refractivity contribution in [1.29, 1.82) is 0 Å². The van der Waals surface area contributed by atoms with E-state index in [0.717, 1.165) is 22.7 Å². The van der Waals surface area contributed by atoms with Gasteiger partial charge < -0.3 is 9.47 Å². The fourth-order valence-corrected chi connectivity index (χ4v) is 8.82. The standard InChI is InChI=1S/C54H36N2/c1-3-15-37(16-4-1)50-36-43(56-51-25-13-11-21-46(51)47-22-12-14-26-52(47)56)33-34-44(50)39-29-31-42(32-30-39)55(41-18-5-2-6-19-41)53-35-40-28-27-38-17-7-8-20-45(38)54(40)49-24-10-9-23-48(49)53/h1-36H. The van der Waals surface area contributed by atoms with Gasteiger partial charge in [-0.1, -0.05) is 164 Å². The Bertz CT molecular complexity index is 3180. The van der Waals surface area contributed by atoms with Crippen LogP contribution in [0.15, 0.2) is 218 Å². The minimum absolute atomic E-state index is 1.11. The lowest BCUT2D eigenvalue weighted by Crippen LogP contribution is -2.10. The van der Waals surface area contributed by atoms with E-state index in [1.165, 1.54) is 76.4 Å². The minimum Gasteiger partial charge on any atom is -0.310 e. The maximum Gasteiger partial charge on any atom is 0.0546 e. The summed E-state index contributed by atoms with van der Waals surface area (Å²) in [5.74, 6) is 0. The van der Waals surface area contributed by atoms with Gasteiger partial charge in [-0.2, -0.15) is 0 Å². The normalized spacial score (nSPS) is 11.6. The van der Waals surface area contributed by atoms with Gasteiger partial charge in [-0.15, -0.1) is 0 Å². The van der Waals surface area contributed by atoms with Crippen molar-refractivity contribution in [3.63, 3.8) is 0 Å². The number of benzene rings is 10. The molecule has 2 nitrogen and oxygen atoms in total. The molecule has 0 aliphatic rings. The van der Waals surface area contributed by atoms with Crippen molar-refractivity contribution >= 4 is 71.2 Å². The molecule has 0 saturated carbocycles. The minimum atomic E-state index is 1.11. The fraction of sp³-hybridized carbons (Fsp3) is 0. The molecule has 0 spiro atoms. The summed E-state index contributed by atoms with van der Waals surface area (Å²) in [6.45, 7) is 0. The van der Waals surface area contributed by atoms with Crippen LogP contribution in [0.5, 0.6) is 0 Å². The Morgan fingerprint density at radius 1 is 0.321 bits per heavy atom. The molecule has 1 aromatic heterocycles. The van der Waals surface area contributed by atoms with Gasteiger partial charge in [0.25, 0.3) is 0 Å². The van der Waals surface area contributed by atoms with Crippen LogP contribution in [0.2, 0.25) is 0 Å². The van der Waals surface area contributed by atoms with Crippen molar-refractivity contribution in [2.75, 3.05) is 4.90 Å². The zero-order chi connectivity index (χ0) is 37.0. The van der Waals surface area contributed by atoms with E-state index in [1.807, 2.05) is 0 Å². The molecular weight excluding hydrogens is 677 g/mol. The van der Waals surface area contributed by atoms with Crippen molar-refractivity contribution < 1.29 is 0 Å². The summed E-state index contributed by atoms with van der Waals surface area (Å²) in [5.41, 5.74) is 11.7. The molecule has 1 heterocycles. The number of para-hydroxylation sites is 3. The van der Waals surface area contributed by atoms with Crippen LogP contribution in [0.3, 0.4) is 0 Å². The molecule has 11 aromatic rings. The third-order valence-corrected chi connectivity index (χ3v) is 11.3. The highest BCUT2D eigenvalue weighted by molar-refractivity contribution is 6.23. The Morgan fingerprint density at radius 3 is 1.57 bits per heavy atom. The van der Waals surface area contributed by atoms with Crippen LogP contribution in [0.4, 0.5) is 17.1 Å². The number of anilines is 3. The van der Waals surface area contributed by atoms with Crippen molar-refractivity contribution in [3.8, 4) is 27.9 Å². The van der Waals surface area contributed by atoms with Crippen molar-refractivity contribution in [1.82, 2.24) is 4.57 Å². The van der Waals surface area contributed by atoms with Gasteiger partial charge in [-0.25, -0.2) is 0 Å². The number of fused-ring (bicyclic) bond motifs is 8. The first-order valence-corrected chi connectivity index (χ1v) is 19.3. The highest BCUT2D eigenvalue weighted by Gasteiger charge is 2.19. The summed E-state index contributed by atoms with van der Waals surface area (Å²) in [4.78, 5) is 2.41. The molecule has 0 amide bonds. The molecule has 0 atom stereocenters. The summed E-state index contributed by atoms with van der Waals surface area (Å²) >= 11 is 0. The maximum atomic E-state index is 2.41. The van der Waals surface area contributed by atoms with E-state index in [4.69, 9.17) is 0 Å². The topological polar surface area (TPSA) is 8.17 Å². The van der Waals surface area contributed by atoms with E-state index >= 15 is 0 Å². The van der Waals surface area contributed by atoms with Crippen LogP contribution < -0.4 is 4.90 Å². The lowest BCUT2D eigenvalue weighted by atomic mass is 9.93. The van der Waals surface area contributed by atoms with Gasteiger partial charge in [0, 0.05) is 33.2 Å². The van der Waals surface area contributed by atoms with E-state index in [-0.39, 0.29) is 0 Å². The SMILES string of the molecule is c1ccc(-c2cc(-n3c4ccccc4c4ccccc43)ccc2-c2ccc(N(c3ccccc3)c3cc4ccc5ccccc5c4c4ccccc34)cc2)cc1. The van der Waals surface area contributed by atoms with E-state index in [1.54, 1.807) is 0 Å². The first kappa shape index (κ1) is 32.0. The number of hydrogen-bond donors (Lipinski definition) is 0. The first-order valence-electron chi connectivity index (χ1n) is 19.3. The smallest absolute Gasteiger partial charge is 0.0546 e. The molecule has 0 unspecified atom stereocenters. The van der Waals surface area contributed by atoms with E-state index in [2.05, 4.69) is 228 Å². The van der Waals surface area contributed by atoms with Crippen LogP contribution in [-0.2, 0) is 0 Å². The van der Waals surface area contributed by atoms with Gasteiger partial charge in [0.2, 0.25) is 0 Å². The van der Waals surface area contributed by atoms with Crippen molar-refractivity contribution in [2.45, 2.75) is 0 Å². The third-order valence-electron chi connectivity index (χ3n) is 11.3. The third kappa shape index (κ3) is 5.19. The highest BCUT2D eigenvalue weighted by Crippen LogP contribution is 2.45. The summed E-state index contributed by atoms with van der Waals surface area (Å²) in [5, 5.41) is 10.1. The fourth-order valence-electron chi connectivity index (χ4n) is 8.82. The first-order chi connectivity index (χ1) is 27.8. The van der Waals surface area contributed by atoms with Crippen LogP contribution in [-0.4, -0.2) is 4.57 Å². The van der Waals surface area contributed by atoms with Crippen LogP contribution in [0.1, 0.15) is 0 Å². The highest BCUT2D eigenvalue weighted by atomic mass is 15.1. The van der Waals surface area contributed by atoms with Crippen molar-refractivity contribution in [2.24, 2.45) is 0 Å². The quantitative estimate of drug-likeness (QED) is 0.156. The molecule has 10 aromatic carbocycles. The molecule has 0 bridgehead atoms. The molecule has 262 valence electrons. The van der Waals surface area contributed by atoms with Crippen molar-refractivity contribution in [3.05, 3.63) is 218 Å². The Labute approximate surface area is 325 Å². The summed E-state index contributed by atoms with van der Waals surface area (Å²) in [6.07, 6.45) is 0. The largest absolute Gasteiger partial charge is 0.310 e. The van der Waals surface area contributed by atoms with Crippen LogP contribution in [0, 0.1) is 0 Å². The molecule has 0 aliphatic carbocycles. The maximum absolute atomic E-state index is 2.41. The number of nitrogens with zero attached hydrogens (tertiary/aromatic N) is 2. The second-order valence-electron chi connectivity index (χ2n) is 14.5. The van der Waals surface area contributed by atoms with E-state index in [9.17, 15) is 0 Å². The molecular formula is C54H36N2. The Hall–Kier alpha value is -7.42. The van der Waals surface area contributed by atoms with Crippen LogP contribution in [0.25, 0.3) is 82.1 Å². The van der Waals surface area contributed by atoms with Gasteiger partial charge in [0.1, 0.15) is 0 Å². The average molecular weight is 713 g/mol. The van der Waals surface area contributed by atoms with Crippen LogP contribution >= 0.6 is 0 Å².